The lowest BCUT2D eigenvalue weighted by Gasteiger charge is -2.21. The molecule has 1 saturated heterocycles. The Morgan fingerprint density at radius 2 is 2.10 bits per heavy atom. The molecule has 3 rings (SSSR count). The first-order chi connectivity index (χ1) is 9.83. The molecule has 0 spiro atoms. The summed E-state index contributed by atoms with van der Waals surface area (Å²) in [6, 6.07) is 9.61. The van der Waals surface area contributed by atoms with Gasteiger partial charge in [0.1, 0.15) is 0 Å². The number of halogens is 1. The van der Waals surface area contributed by atoms with E-state index in [1.165, 1.54) is 0 Å². The summed E-state index contributed by atoms with van der Waals surface area (Å²) in [6.07, 6.45) is 5.43. The topological polar surface area (TPSA) is 59.0 Å². The summed E-state index contributed by atoms with van der Waals surface area (Å²) in [5, 5.41) is 10.5. The van der Waals surface area contributed by atoms with Crippen LogP contribution in [-0.4, -0.2) is 28.8 Å². The van der Waals surface area contributed by atoms with Crippen LogP contribution in [0.1, 0.15) is 12.8 Å². The van der Waals surface area contributed by atoms with Gasteiger partial charge in [-0.1, -0.05) is 6.07 Å². The predicted octanol–water partition coefficient (Wildman–Crippen LogP) is 2.23. The maximum absolute atomic E-state index is 12.2. The molecule has 2 heterocycles. The Morgan fingerprint density at radius 3 is 2.81 bits per heavy atom. The molecule has 1 aliphatic heterocycles. The Balaban J connectivity index is 0.00000161. The van der Waals surface area contributed by atoms with E-state index in [9.17, 15) is 4.79 Å². The van der Waals surface area contributed by atoms with E-state index in [-0.39, 0.29) is 24.2 Å². The lowest BCUT2D eigenvalue weighted by molar-refractivity contribution is -0.120. The Labute approximate surface area is 130 Å². The summed E-state index contributed by atoms with van der Waals surface area (Å²) in [4.78, 5) is 12.2. The molecule has 0 radical (unpaired) electrons. The molecule has 0 bridgehead atoms. The van der Waals surface area contributed by atoms with Crippen molar-refractivity contribution in [1.82, 2.24) is 15.1 Å². The van der Waals surface area contributed by atoms with Crippen LogP contribution in [-0.2, 0) is 4.79 Å². The Hall–Kier alpha value is -1.85. The summed E-state index contributed by atoms with van der Waals surface area (Å²) < 4.78 is 1.78. The van der Waals surface area contributed by atoms with E-state index < -0.39 is 0 Å². The van der Waals surface area contributed by atoms with Crippen LogP contribution >= 0.6 is 12.4 Å². The van der Waals surface area contributed by atoms with E-state index in [1.807, 2.05) is 36.5 Å². The Bertz CT molecular complexity index is 579. The summed E-state index contributed by atoms with van der Waals surface area (Å²) in [7, 11) is 0. The highest BCUT2D eigenvalue weighted by molar-refractivity contribution is 5.92. The van der Waals surface area contributed by atoms with Crippen molar-refractivity contribution < 1.29 is 4.79 Å². The van der Waals surface area contributed by atoms with Crippen LogP contribution in [0.25, 0.3) is 5.69 Å². The second-order valence-corrected chi connectivity index (χ2v) is 5.01. The number of nitrogens with one attached hydrogen (secondary N) is 2. The number of hydrogen-bond donors (Lipinski definition) is 2. The average molecular weight is 307 g/mol. The maximum Gasteiger partial charge on any atom is 0.227 e. The minimum absolute atomic E-state index is 0. The van der Waals surface area contributed by atoms with Crippen molar-refractivity contribution in [3.05, 3.63) is 42.7 Å². The van der Waals surface area contributed by atoms with Crippen molar-refractivity contribution in [2.24, 2.45) is 5.92 Å². The lowest BCUT2D eigenvalue weighted by atomic mass is 9.97. The SMILES string of the molecule is Cl.O=C(Nc1cccc(-n2cccn2)c1)C1CCNCC1. The van der Waals surface area contributed by atoms with Crippen LogP contribution < -0.4 is 10.6 Å². The van der Waals surface area contributed by atoms with Gasteiger partial charge >= 0.3 is 0 Å². The molecule has 1 fully saturated rings. The molecule has 5 nitrogen and oxygen atoms in total. The highest BCUT2D eigenvalue weighted by atomic mass is 35.5. The molecule has 1 aromatic carbocycles. The van der Waals surface area contributed by atoms with E-state index in [4.69, 9.17) is 0 Å². The van der Waals surface area contributed by atoms with Gasteiger partial charge in [0.2, 0.25) is 5.91 Å². The normalized spacial score (nSPS) is 15.2. The second kappa shape index (κ2) is 7.24. The number of nitrogens with zero attached hydrogens (tertiary/aromatic N) is 2. The van der Waals surface area contributed by atoms with Crippen molar-refractivity contribution in [3.8, 4) is 5.69 Å². The highest BCUT2D eigenvalue weighted by Crippen LogP contribution is 2.18. The summed E-state index contributed by atoms with van der Waals surface area (Å²) in [5.74, 6) is 0.230. The molecule has 1 aliphatic rings. The molecule has 1 amide bonds. The van der Waals surface area contributed by atoms with Crippen molar-refractivity contribution >= 4 is 24.0 Å². The van der Waals surface area contributed by atoms with Crippen molar-refractivity contribution in [2.45, 2.75) is 12.8 Å². The highest BCUT2D eigenvalue weighted by Gasteiger charge is 2.20. The van der Waals surface area contributed by atoms with Gasteiger partial charge in [0.05, 0.1) is 5.69 Å². The summed E-state index contributed by atoms with van der Waals surface area (Å²) in [5.41, 5.74) is 1.76. The second-order valence-electron chi connectivity index (χ2n) is 5.01. The zero-order valence-electron chi connectivity index (χ0n) is 11.7. The van der Waals surface area contributed by atoms with Gasteiger partial charge in [-0.2, -0.15) is 5.10 Å². The molecule has 0 atom stereocenters. The standard InChI is InChI=1S/C15H18N4O.ClH/c20-15(12-5-8-16-9-6-12)18-13-3-1-4-14(11-13)19-10-2-7-17-19;/h1-4,7,10-12,16H,5-6,8-9H2,(H,18,20);1H. The molecule has 2 N–H and O–H groups in total. The van der Waals surface area contributed by atoms with Crippen LogP contribution in [0.15, 0.2) is 42.7 Å². The van der Waals surface area contributed by atoms with E-state index in [0.29, 0.717) is 0 Å². The third-order valence-electron chi connectivity index (χ3n) is 3.59. The first-order valence-electron chi connectivity index (χ1n) is 6.94. The fourth-order valence-corrected chi connectivity index (χ4v) is 2.48. The van der Waals surface area contributed by atoms with Gasteiger partial charge in [0, 0.05) is 24.0 Å². The number of amides is 1. The smallest absolute Gasteiger partial charge is 0.227 e. The number of piperidine rings is 1. The third kappa shape index (κ3) is 3.83. The van der Waals surface area contributed by atoms with Gasteiger partial charge in [0.25, 0.3) is 0 Å². The van der Waals surface area contributed by atoms with Crippen molar-refractivity contribution in [1.29, 1.82) is 0 Å². The number of carbonyl (C=O) groups excluding carboxylic acids is 1. The molecule has 0 unspecified atom stereocenters. The van der Waals surface area contributed by atoms with Gasteiger partial charge < -0.3 is 10.6 Å². The zero-order chi connectivity index (χ0) is 13.8. The van der Waals surface area contributed by atoms with Crippen molar-refractivity contribution in [2.75, 3.05) is 18.4 Å². The minimum atomic E-state index is 0. The van der Waals surface area contributed by atoms with Gasteiger partial charge in [-0.25, -0.2) is 4.68 Å². The quantitative estimate of drug-likeness (QED) is 0.914. The van der Waals surface area contributed by atoms with Gasteiger partial charge in [-0.05, 0) is 50.2 Å². The third-order valence-corrected chi connectivity index (χ3v) is 3.59. The number of anilines is 1. The zero-order valence-corrected chi connectivity index (χ0v) is 12.5. The van der Waals surface area contributed by atoms with Crippen LogP contribution in [0.2, 0.25) is 0 Å². The van der Waals surface area contributed by atoms with E-state index >= 15 is 0 Å². The number of aromatic nitrogens is 2. The molecule has 6 heteroatoms. The fourth-order valence-electron chi connectivity index (χ4n) is 2.48. The molecular formula is C15H19ClN4O. The number of carbonyl (C=O) groups is 1. The maximum atomic E-state index is 12.2. The predicted molar refractivity (Wildman–Crippen MR) is 85.0 cm³/mol. The number of benzene rings is 1. The molecule has 112 valence electrons. The molecule has 2 aromatic rings. The van der Waals surface area contributed by atoms with E-state index in [1.54, 1.807) is 10.9 Å². The largest absolute Gasteiger partial charge is 0.326 e. The van der Waals surface area contributed by atoms with Crippen LogP contribution in [0.5, 0.6) is 0 Å². The van der Waals surface area contributed by atoms with E-state index in [0.717, 1.165) is 37.3 Å². The first-order valence-corrected chi connectivity index (χ1v) is 6.94. The van der Waals surface area contributed by atoms with Gasteiger partial charge in [-0.3, -0.25) is 4.79 Å². The molecular weight excluding hydrogens is 288 g/mol. The minimum Gasteiger partial charge on any atom is -0.326 e. The Morgan fingerprint density at radius 1 is 1.29 bits per heavy atom. The van der Waals surface area contributed by atoms with Crippen LogP contribution in [0.3, 0.4) is 0 Å². The molecule has 0 aliphatic carbocycles. The average Bonchev–Trinajstić information content (AvgIpc) is 3.03. The van der Waals surface area contributed by atoms with E-state index in [2.05, 4.69) is 15.7 Å². The lowest BCUT2D eigenvalue weighted by Crippen LogP contribution is -2.34. The molecule has 0 saturated carbocycles. The van der Waals surface area contributed by atoms with Gasteiger partial charge in [0.15, 0.2) is 0 Å². The summed E-state index contributed by atoms with van der Waals surface area (Å²) >= 11 is 0. The van der Waals surface area contributed by atoms with Crippen molar-refractivity contribution in [3.63, 3.8) is 0 Å². The summed E-state index contributed by atoms with van der Waals surface area (Å²) in [6.45, 7) is 1.84. The van der Waals surface area contributed by atoms with Crippen LogP contribution in [0.4, 0.5) is 5.69 Å². The molecule has 1 aromatic heterocycles. The molecule has 21 heavy (non-hydrogen) atoms. The number of hydrogen-bond acceptors (Lipinski definition) is 3. The van der Waals surface area contributed by atoms with Crippen LogP contribution in [0, 0.1) is 5.92 Å². The fraction of sp³-hybridized carbons (Fsp3) is 0.333. The number of rotatable bonds is 3. The monoisotopic (exact) mass is 306 g/mol. The van der Waals surface area contributed by atoms with Gasteiger partial charge in [-0.15, -0.1) is 12.4 Å². The first kappa shape index (κ1) is 15.5. The Kier molecular flexibility index (Phi) is 5.36.